The molecule has 1 fully saturated rings. The summed E-state index contributed by atoms with van der Waals surface area (Å²) in [5, 5.41) is 0.927. The van der Waals surface area contributed by atoms with Crippen molar-refractivity contribution in [3.05, 3.63) is 71.0 Å². The van der Waals surface area contributed by atoms with E-state index in [4.69, 9.17) is 9.72 Å². The van der Waals surface area contributed by atoms with Gasteiger partial charge in [0.05, 0.1) is 12.7 Å². The zero-order chi connectivity index (χ0) is 20.2. The summed E-state index contributed by atoms with van der Waals surface area (Å²) in [6, 6.07) is 15.8. The van der Waals surface area contributed by atoms with Crippen molar-refractivity contribution in [2.75, 3.05) is 38.2 Å². The molecule has 150 valence electrons. The van der Waals surface area contributed by atoms with E-state index in [1.807, 2.05) is 29.2 Å². The van der Waals surface area contributed by atoms with E-state index in [9.17, 15) is 4.79 Å². The van der Waals surface area contributed by atoms with Crippen molar-refractivity contribution in [3.8, 4) is 5.75 Å². The molecule has 4 rings (SSSR count). The molecule has 29 heavy (non-hydrogen) atoms. The number of benzene rings is 2. The number of ether oxygens (including phenoxy) is 1. The standard InChI is InChI=1S/C22H24N4O2S/c1-16-7-9-17(10-8-16)15-20-23-22(29-24-20)26-13-11-25(12-14-26)21(27)18-5-3-4-6-19(18)28-2/h3-10H,11-15H2,1-2H3. The molecule has 0 unspecified atom stereocenters. The second-order valence-corrected chi connectivity index (χ2v) is 7.87. The molecule has 1 aliphatic heterocycles. The molecule has 0 spiro atoms. The molecule has 6 nitrogen and oxygen atoms in total. The third kappa shape index (κ3) is 4.40. The fourth-order valence-corrected chi connectivity index (χ4v) is 4.16. The Morgan fingerprint density at radius 1 is 1.07 bits per heavy atom. The summed E-state index contributed by atoms with van der Waals surface area (Å²) >= 11 is 1.43. The molecule has 0 radical (unpaired) electrons. The van der Waals surface area contributed by atoms with Gasteiger partial charge in [0.1, 0.15) is 11.6 Å². The first-order valence-corrected chi connectivity index (χ1v) is 10.5. The number of carbonyl (C=O) groups is 1. The van der Waals surface area contributed by atoms with E-state index in [-0.39, 0.29) is 5.91 Å². The number of aryl methyl sites for hydroxylation is 1. The molecule has 1 amide bonds. The van der Waals surface area contributed by atoms with Gasteiger partial charge in [-0.1, -0.05) is 42.0 Å². The highest BCUT2D eigenvalue weighted by atomic mass is 32.1. The van der Waals surface area contributed by atoms with Gasteiger partial charge in [0, 0.05) is 44.1 Å². The van der Waals surface area contributed by atoms with Crippen molar-refractivity contribution in [2.24, 2.45) is 0 Å². The summed E-state index contributed by atoms with van der Waals surface area (Å²) in [5.41, 5.74) is 3.08. The van der Waals surface area contributed by atoms with Gasteiger partial charge in [0.2, 0.25) is 5.13 Å². The van der Waals surface area contributed by atoms with Crippen molar-refractivity contribution in [3.63, 3.8) is 0 Å². The van der Waals surface area contributed by atoms with Gasteiger partial charge in [-0.2, -0.15) is 4.37 Å². The van der Waals surface area contributed by atoms with Crippen molar-refractivity contribution in [1.29, 1.82) is 0 Å². The van der Waals surface area contributed by atoms with Gasteiger partial charge >= 0.3 is 0 Å². The Hall–Kier alpha value is -2.93. The van der Waals surface area contributed by atoms with Crippen LogP contribution in [0.2, 0.25) is 0 Å². The molecule has 1 saturated heterocycles. The van der Waals surface area contributed by atoms with Crippen LogP contribution in [-0.2, 0) is 6.42 Å². The summed E-state index contributed by atoms with van der Waals surface area (Å²) in [6.45, 7) is 4.90. The SMILES string of the molecule is COc1ccccc1C(=O)N1CCN(c2nc(Cc3ccc(C)cc3)ns2)CC1. The van der Waals surface area contributed by atoms with E-state index in [1.54, 1.807) is 7.11 Å². The van der Waals surface area contributed by atoms with Crippen LogP contribution in [0.15, 0.2) is 48.5 Å². The van der Waals surface area contributed by atoms with E-state index in [1.165, 1.54) is 22.7 Å². The van der Waals surface area contributed by atoms with Crippen LogP contribution in [0.3, 0.4) is 0 Å². The Bertz CT molecular complexity index is 978. The second-order valence-electron chi connectivity index (χ2n) is 7.14. The van der Waals surface area contributed by atoms with E-state index >= 15 is 0 Å². The number of aromatic nitrogens is 2. The Kier molecular flexibility index (Phi) is 5.76. The zero-order valence-electron chi connectivity index (χ0n) is 16.7. The van der Waals surface area contributed by atoms with Crippen molar-refractivity contribution >= 4 is 22.6 Å². The highest BCUT2D eigenvalue weighted by Gasteiger charge is 2.25. The average molecular weight is 409 g/mol. The van der Waals surface area contributed by atoms with Crippen LogP contribution in [0.4, 0.5) is 5.13 Å². The van der Waals surface area contributed by atoms with Gasteiger partial charge in [0.25, 0.3) is 5.91 Å². The number of carbonyl (C=O) groups excluding carboxylic acids is 1. The molecule has 7 heteroatoms. The third-order valence-electron chi connectivity index (χ3n) is 5.11. The maximum Gasteiger partial charge on any atom is 0.257 e. The Labute approximate surface area is 174 Å². The van der Waals surface area contributed by atoms with Crippen molar-refractivity contribution in [1.82, 2.24) is 14.3 Å². The lowest BCUT2D eigenvalue weighted by Crippen LogP contribution is -2.48. The fraction of sp³-hybridized carbons (Fsp3) is 0.318. The second kappa shape index (κ2) is 8.61. The maximum atomic E-state index is 12.9. The molecule has 0 aliphatic carbocycles. The molecular formula is C22H24N4O2S. The van der Waals surface area contributed by atoms with Gasteiger partial charge in [-0.05, 0) is 24.6 Å². The number of para-hydroxylation sites is 1. The monoisotopic (exact) mass is 408 g/mol. The normalized spacial score (nSPS) is 14.1. The van der Waals surface area contributed by atoms with Crippen LogP contribution in [0.25, 0.3) is 0 Å². The van der Waals surface area contributed by atoms with Crippen LogP contribution >= 0.6 is 11.5 Å². The molecule has 3 aromatic rings. The van der Waals surface area contributed by atoms with E-state index in [0.717, 1.165) is 30.5 Å². The molecule has 1 aromatic heterocycles. The smallest absolute Gasteiger partial charge is 0.257 e. The van der Waals surface area contributed by atoms with E-state index < -0.39 is 0 Å². The Morgan fingerprint density at radius 2 is 1.79 bits per heavy atom. The molecular weight excluding hydrogens is 384 g/mol. The lowest BCUT2D eigenvalue weighted by Gasteiger charge is -2.34. The van der Waals surface area contributed by atoms with Crippen LogP contribution < -0.4 is 9.64 Å². The maximum absolute atomic E-state index is 12.9. The number of anilines is 1. The van der Waals surface area contributed by atoms with Gasteiger partial charge in [-0.25, -0.2) is 4.98 Å². The van der Waals surface area contributed by atoms with Crippen LogP contribution in [0.1, 0.15) is 27.3 Å². The zero-order valence-corrected chi connectivity index (χ0v) is 17.5. The molecule has 0 saturated carbocycles. The fourth-order valence-electron chi connectivity index (χ4n) is 3.43. The van der Waals surface area contributed by atoms with Crippen molar-refractivity contribution < 1.29 is 9.53 Å². The topological polar surface area (TPSA) is 58.6 Å². The minimum Gasteiger partial charge on any atom is -0.496 e. The minimum absolute atomic E-state index is 0.0134. The number of hydrogen-bond donors (Lipinski definition) is 0. The van der Waals surface area contributed by atoms with E-state index in [2.05, 4.69) is 40.5 Å². The largest absolute Gasteiger partial charge is 0.496 e. The summed E-state index contributed by atoms with van der Waals surface area (Å²) in [4.78, 5) is 21.7. The number of rotatable bonds is 5. The predicted octanol–water partition coefficient (Wildman–Crippen LogP) is 3.41. The lowest BCUT2D eigenvalue weighted by molar-refractivity contribution is 0.0743. The first-order chi connectivity index (χ1) is 14.1. The Morgan fingerprint density at radius 3 is 2.52 bits per heavy atom. The highest BCUT2D eigenvalue weighted by Crippen LogP contribution is 2.23. The molecule has 2 heterocycles. The van der Waals surface area contributed by atoms with Crippen molar-refractivity contribution in [2.45, 2.75) is 13.3 Å². The number of methoxy groups -OCH3 is 1. The molecule has 2 aromatic carbocycles. The van der Waals surface area contributed by atoms with Gasteiger partial charge in [0.15, 0.2) is 0 Å². The quantitative estimate of drug-likeness (QED) is 0.648. The van der Waals surface area contributed by atoms with Crippen LogP contribution in [0, 0.1) is 6.92 Å². The minimum atomic E-state index is 0.0134. The third-order valence-corrected chi connectivity index (χ3v) is 5.93. The first-order valence-electron chi connectivity index (χ1n) is 9.69. The number of piperazine rings is 1. The van der Waals surface area contributed by atoms with Gasteiger partial charge < -0.3 is 14.5 Å². The number of nitrogens with zero attached hydrogens (tertiary/aromatic N) is 4. The molecule has 0 atom stereocenters. The summed E-state index contributed by atoms with van der Waals surface area (Å²) in [5.74, 6) is 1.48. The molecule has 0 N–H and O–H groups in total. The number of hydrogen-bond acceptors (Lipinski definition) is 6. The van der Waals surface area contributed by atoms with Gasteiger partial charge in [-0.15, -0.1) is 0 Å². The number of amides is 1. The first kappa shape index (κ1) is 19.4. The highest BCUT2D eigenvalue weighted by molar-refractivity contribution is 7.09. The summed E-state index contributed by atoms with van der Waals surface area (Å²) < 4.78 is 9.86. The Balaban J connectivity index is 1.37. The van der Waals surface area contributed by atoms with Gasteiger partial charge in [-0.3, -0.25) is 4.79 Å². The lowest BCUT2D eigenvalue weighted by atomic mass is 10.1. The predicted molar refractivity (Wildman–Crippen MR) is 115 cm³/mol. The van der Waals surface area contributed by atoms with Crippen LogP contribution in [0.5, 0.6) is 5.75 Å². The summed E-state index contributed by atoms with van der Waals surface area (Å²) in [6.07, 6.45) is 0.739. The average Bonchev–Trinajstić information content (AvgIpc) is 3.23. The van der Waals surface area contributed by atoms with E-state index in [0.29, 0.717) is 24.4 Å². The summed E-state index contributed by atoms with van der Waals surface area (Å²) in [7, 11) is 1.59. The molecule has 1 aliphatic rings. The van der Waals surface area contributed by atoms with Crippen LogP contribution in [-0.4, -0.2) is 53.5 Å². The molecule has 0 bridgehead atoms.